The topological polar surface area (TPSA) is 81.8 Å². The first-order valence-corrected chi connectivity index (χ1v) is 6.83. The minimum absolute atomic E-state index is 0.0410. The van der Waals surface area contributed by atoms with Gasteiger partial charge in [-0.25, -0.2) is 0 Å². The summed E-state index contributed by atoms with van der Waals surface area (Å²) in [7, 11) is 0. The van der Waals surface area contributed by atoms with Crippen molar-refractivity contribution in [1.82, 2.24) is 0 Å². The number of hydrogen-bond donors (Lipinski definition) is 1. The Kier molecular flexibility index (Phi) is 5.31. The van der Waals surface area contributed by atoms with E-state index in [4.69, 9.17) is 9.47 Å². The van der Waals surface area contributed by atoms with E-state index in [9.17, 15) is 15.2 Å². The lowest BCUT2D eigenvalue weighted by molar-refractivity contribution is -0.385. The second kappa shape index (κ2) is 7.21. The molecule has 0 saturated carbocycles. The fourth-order valence-electron chi connectivity index (χ4n) is 2.31. The molecule has 2 rings (SSSR count). The maximum atomic E-state index is 10.7. The molecule has 1 unspecified atom stereocenters. The average molecular weight is 281 g/mol. The van der Waals surface area contributed by atoms with Gasteiger partial charge >= 0.3 is 0 Å². The summed E-state index contributed by atoms with van der Waals surface area (Å²) >= 11 is 0. The Balaban J connectivity index is 1.83. The van der Waals surface area contributed by atoms with Crippen LogP contribution < -0.4 is 4.74 Å². The van der Waals surface area contributed by atoms with Gasteiger partial charge in [0.1, 0.15) is 5.75 Å². The van der Waals surface area contributed by atoms with Crippen molar-refractivity contribution in [3.63, 3.8) is 0 Å². The maximum Gasteiger partial charge on any atom is 0.270 e. The van der Waals surface area contributed by atoms with E-state index in [1.807, 2.05) is 0 Å². The number of aliphatic hydroxyl groups is 1. The highest BCUT2D eigenvalue weighted by molar-refractivity contribution is 5.43. The highest BCUT2D eigenvalue weighted by atomic mass is 16.6. The molecule has 20 heavy (non-hydrogen) atoms. The molecule has 1 fully saturated rings. The molecule has 1 aromatic rings. The molecule has 0 aliphatic carbocycles. The number of nitro groups is 1. The van der Waals surface area contributed by atoms with Crippen molar-refractivity contribution >= 4 is 5.69 Å². The van der Waals surface area contributed by atoms with Gasteiger partial charge in [-0.2, -0.15) is 0 Å². The van der Waals surface area contributed by atoms with Crippen molar-refractivity contribution in [2.75, 3.05) is 13.2 Å². The molecule has 0 radical (unpaired) electrons. The molecule has 1 atom stereocenters. The second-order valence-electron chi connectivity index (χ2n) is 4.83. The van der Waals surface area contributed by atoms with Crippen LogP contribution in [0.2, 0.25) is 0 Å². The molecular weight excluding hydrogens is 262 g/mol. The number of ether oxygens (including phenoxy) is 2. The number of aliphatic hydroxyl groups excluding tert-OH is 1. The maximum absolute atomic E-state index is 10.7. The van der Waals surface area contributed by atoms with Crippen LogP contribution in [0.3, 0.4) is 0 Å². The van der Waals surface area contributed by atoms with E-state index in [2.05, 4.69) is 0 Å². The molecule has 1 aliphatic heterocycles. The van der Waals surface area contributed by atoms with Crippen LogP contribution in [-0.4, -0.2) is 29.3 Å². The van der Waals surface area contributed by atoms with Gasteiger partial charge in [-0.1, -0.05) is 0 Å². The molecule has 0 aromatic heterocycles. The minimum atomic E-state index is -0.486. The third kappa shape index (κ3) is 3.91. The van der Waals surface area contributed by atoms with Crippen LogP contribution in [0.4, 0.5) is 5.69 Å². The molecule has 1 aromatic carbocycles. The predicted molar refractivity (Wildman–Crippen MR) is 72.7 cm³/mol. The quantitative estimate of drug-likeness (QED) is 0.471. The van der Waals surface area contributed by atoms with Crippen molar-refractivity contribution < 1.29 is 19.5 Å². The van der Waals surface area contributed by atoms with Crippen LogP contribution in [-0.2, 0) is 11.3 Å². The lowest BCUT2D eigenvalue weighted by Crippen LogP contribution is -2.08. The molecule has 1 saturated heterocycles. The Bertz CT molecular complexity index is 457. The molecule has 0 bridgehead atoms. The van der Waals surface area contributed by atoms with Crippen LogP contribution in [0.15, 0.2) is 18.2 Å². The Hall–Kier alpha value is -1.66. The zero-order valence-corrected chi connectivity index (χ0v) is 11.3. The lowest BCUT2D eigenvalue weighted by Gasteiger charge is -2.12. The van der Waals surface area contributed by atoms with Crippen molar-refractivity contribution in [3.05, 3.63) is 33.9 Å². The SMILES string of the molecule is O=[N+]([O-])c1ccc(OCCCC2CCCO2)c(CO)c1. The number of non-ortho nitro benzene ring substituents is 1. The Morgan fingerprint density at radius 1 is 1.50 bits per heavy atom. The molecule has 6 heteroatoms. The van der Waals surface area contributed by atoms with E-state index in [-0.39, 0.29) is 12.3 Å². The molecule has 1 aliphatic rings. The second-order valence-corrected chi connectivity index (χ2v) is 4.83. The normalized spacial score (nSPS) is 18.1. The monoisotopic (exact) mass is 281 g/mol. The minimum Gasteiger partial charge on any atom is -0.493 e. The molecule has 1 N–H and O–H groups in total. The third-order valence-electron chi connectivity index (χ3n) is 3.38. The van der Waals surface area contributed by atoms with Crippen LogP contribution >= 0.6 is 0 Å². The van der Waals surface area contributed by atoms with Gasteiger partial charge in [0.15, 0.2) is 0 Å². The van der Waals surface area contributed by atoms with Crippen molar-refractivity contribution in [1.29, 1.82) is 0 Å². The van der Waals surface area contributed by atoms with Crippen molar-refractivity contribution in [2.24, 2.45) is 0 Å². The van der Waals surface area contributed by atoms with Crippen molar-refractivity contribution in [2.45, 2.75) is 38.4 Å². The van der Waals surface area contributed by atoms with Crippen molar-refractivity contribution in [3.8, 4) is 5.75 Å². The number of rotatable bonds is 7. The summed E-state index contributed by atoms with van der Waals surface area (Å²) in [6.45, 7) is 1.09. The zero-order chi connectivity index (χ0) is 14.4. The van der Waals surface area contributed by atoms with Gasteiger partial charge in [0, 0.05) is 24.3 Å². The summed E-state index contributed by atoms with van der Waals surface area (Å²) in [6, 6.07) is 4.26. The first-order chi connectivity index (χ1) is 9.70. The predicted octanol–water partition coefficient (Wildman–Crippen LogP) is 2.43. The lowest BCUT2D eigenvalue weighted by atomic mass is 10.1. The van der Waals surface area contributed by atoms with E-state index in [0.29, 0.717) is 24.0 Å². The molecule has 1 heterocycles. The van der Waals surface area contributed by atoms with Gasteiger partial charge in [0.25, 0.3) is 5.69 Å². The van der Waals surface area contributed by atoms with Gasteiger partial charge in [-0.3, -0.25) is 10.1 Å². The van der Waals surface area contributed by atoms with Crippen LogP contribution in [0.25, 0.3) is 0 Å². The fourth-order valence-corrected chi connectivity index (χ4v) is 2.31. The summed E-state index contributed by atoms with van der Waals surface area (Å²) in [5.74, 6) is 0.505. The van der Waals surface area contributed by atoms with E-state index in [1.54, 1.807) is 0 Å². The van der Waals surface area contributed by atoms with Gasteiger partial charge < -0.3 is 14.6 Å². The van der Waals surface area contributed by atoms with Gasteiger partial charge in [0.2, 0.25) is 0 Å². The summed E-state index contributed by atoms with van der Waals surface area (Å²) in [5, 5.41) is 19.9. The standard InChI is InChI=1S/C14H19NO5/c16-10-11-9-12(15(17)18)5-6-14(11)20-8-2-4-13-3-1-7-19-13/h5-6,9,13,16H,1-4,7-8,10H2. The van der Waals surface area contributed by atoms with Crippen LogP contribution in [0.5, 0.6) is 5.75 Å². The molecule has 0 spiro atoms. The van der Waals surface area contributed by atoms with E-state index in [1.165, 1.54) is 18.2 Å². The molecule has 0 amide bonds. The van der Waals surface area contributed by atoms with Gasteiger partial charge in [-0.05, 0) is 31.7 Å². The van der Waals surface area contributed by atoms with E-state index < -0.39 is 4.92 Å². The first-order valence-electron chi connectivity index (χ1n) is 6.83. The summed E-state index contributed by atoms with van der Waals surface area (Å²) in [5.41, 5.74) is 0.400. The van der Waals surface area contributed by atoms with Crippen LogP contribution in [0.1, 0.15) is 31.2 Å². The Labute approximate surface area is 117 Å². The highest BCUT2D eigenvalue weighted by Crippen LogP contribution is 2.25. The Morgan fingerprint density at radius 2 is 2.35 bits per heavy atom. The molecule has 6 nitrogen and oxygen atoms in total. The number of nitrogens with zero attached hydrogens (tertiary/aromatic N) is 1. The van der Waals surface area contributed by atoms with E-state index >= 15 is 0 Å². The zero-order valence-electron chi connectivity index (χ0n) is 11.3. The third-order valence-corrected chi connectivity index (χ3v) is 3.38. The number of nitro benzene ring substituents is 1. The van der Waals surface area contributed by atoms with Crippen LogP contribution in [0, 0.1) is 10.1 Å². The summed E-state index contributed by atoms with van der Waals surface area (Å²) in [4.78, 5) is 10.2. The summed E-state index contributed by atoms with van der Waals surface area (Å²) < 4.78 is 11.1. The fraction of sp³-hybridized carbons (Fsp3) is 0.571. The largest absolute Gasteiger partial charge is 0.493 e. The number of hydrogen-bond acceptors (Lipinski definition) is 5. The smallest absolute Gasteiger partial charge is 0.270 e. The summed E-state index contributed by atoms with van der Waals surface area (Å²) in [6.07, 6.45) is 4.41. The van der Waals surface area contributed by atoms with E-state index in [0.717, 1.165) is 32.3 Å². The molecule has 110 valence electrons. The van der Waals surface area contributed by atoms with Gasteiger partial charge in [-0.15, -0.1) is 0 Å². The Morgan fingerprint density at radius 3 is 3.00 bits per heavy atom. The van der Waals surface area contributed by atoms with Gasteiger partial charge in [0.05, 0.1) is 24.2 Å². The first kappa shape index (κ1) is 14.7. The number of benzene rings is 1. The highest BCUT2D eigenvalue weighted by Gasteiger charge is 2.15. The average Bonchev–Trinajstić information content (AvgIpc) is 2.96. The molecular formula is C14H19NO5.